The van der Waals surface area contributed by atoms with Gasteiger partial charge in [-0.05, 0) is 63.5 Å². The summed E-state index contributed by atoms with van der Waals surface area (Å²) in [4.78, 5) is 18.6. The lowest BCUT2D eigenvalue weighted by atomic mass is 10.1. The third kappa shape index (κ3) is 2.78. The zero-order valence-electron chi connectivity index (χ0n) is 15.4. The summed E-state index contributed by atoms with van der Waals surface area (Å²) in [6.07, 6.45) is 5.89. The van der Waals surface area contributed by atoms with Gasteiger partial charge in [-0.2, -0.15) is 5.10 Å². The molecular weight excluding hydrogens is 358 g/mol. The molecule has 1 aliphatic rings. The molecule has 0 aromatic carbocycles. The van der Waals surface area contributed by atoms with E-state index in [-0.39, 0.29) is 5.56 Å². The highest BCUT2D eigenvalue weighted by molar-refractivity contribution is 7.22. The van der Waals surface area contributed by atoms with E-state index in [9.17, 15) is 4.79 Å². The molecule has 1 fully saturated rings. The fourth-order valence-corrected chi connectivity index (χ4v) is 4.95. The van der Waals surface area contributed by atoms with Crippen LogP contribution in [0.2, 0.25) is 0 Å². The van der Waals surface area contributed by atoms with Gasteiger partial charge in [0.15, 0.2) is 5.65 Å². The van der Waals surface area contributed by atoms with Crippen molar-refractivity contribution in [3.63, 3.8) is 0 Å². The number of piperidine rings is 1. The summed E-state index contributed by atoms with van der Waals surface area (Å²) < 4.78 is 4.56. The molecule has 4 aromatic rings. The minimum absolute atomic E-state index is 0.118. The lowest BCUT2D eigenvalue weighted by Gasteiger charge is -2.24. The molecule has 0 bridgehead atoms. The molecule has 1 N–H and O–H groups in total. The number of hydrogen-bond acceptors (Lipinski definition) is 5. The van der Waals surface area contributed by atoms with Crippen molar-refractivity contribution in [1.29, 1.82) is 0 Å². The van der Waals surface area contributed by atoms with Crippen molar-refractivity contribution in [2.75, 3.05) is 13.1 Å². The molecule has 7 heteroatoms. The Morgan fingerprint density at radius 3 is 2.85 bits per heavy atom. The highest BCUT2D eigenvalue weighted by atomic mass is 32.1. The average Bonchev–Trinajstić information content (AvgIpc) is 3.26. The summed E-state index contributed by atoms with van der Waals surface area (Å²) in [7, 11) is 0. The van der Waals surface area contributed by atoms with Crippen LogP contribution < -0.4 is 10.9 Å². The normalized spacial score (nSPS) is 15.8. The van der Waals surface area contributed by atoms with Crippen molar-refractivity contribution in [2.24, 2.45) is 0 Å². The van der Waals surface area contributed by atoms with Crippen LogP contribution in [0.1, 0.15) is 30.1 Å². The van der Waals surface area contributed by atoms with E-state index in [1.165, 1.54) is 11.3 Å². The maximum atomic E-state index is 13.1. The molecule has 1 saturated heterocycles. The molecule has 0 unspecified atom stereocenters. The van der Waals surface area contributed by atoms with Gasteiger partial charge in [0.1, 0.15) is 10.4 Å². The molecule has 6 nitrogen and oxygen atoms in total. The number of nitrogens with one attached hydrogen (secondary N) is 1. The van der Waals surface area contributed by atoms with Gasteiger partial charge in [-0.3, -0.25) is 4.79 Å². The van der Waals surface area contributed by atoms with Crippen molar-refractivity contribution in [2.45, 2.75) is 32.7 Å². The van der Waals surface area contributed by atoms with E-state index in [0.717, 1.165) is 63.5 Å². The zero-order valence-corrected chi connectivity index (χ0v) is 16.2. The second-order valence-electron chi connectivity index (χ2n) is 7.27. The summed E-state index contributed by atoms with van der Waals surface area (Å²) in [5, 5.41) is 9.06. The summed E-state index contributed by atoms with van der Waals surface area (Å²) in [5.74, 6) is 0. The summed E-state index contributed by atoms with van der Waals surface area (Å²) in [6.45, 7) is 5.96. The molecule has 5 heterocycles. The van der Waals surface area contributed by atoms with Crippen molar-refractivity contribution < 1.29 is 0 Å². The van der Waals surface area contributed by atoms with Crippen LogP contribution in [0.15, 0.2) is 35.4 Å². The number of pyridine rings is 1. The summed E-state index contributed by atoms with van der Waals surface area (Å²) in [5.41, 5.74) is 3.91. The number of imidazole rings is 1. The van der Waals surface area contributed by atoms with Gasteiger partial charge in [0, 0.05) is 17.6 Å². The molecule has 1 aliphatic heterocycles. The molecule has 5 rings (SSSR count). The van der Waals surface area contributed by atoms with E-state index in [1.807, 2.05) is 35.3 Å². The number of hydrogen-bond donors (Lipinski definition) is 1. The predicted molar refractivity (Wildman–Crippen MR) is 109 cm³/mol. The first-order valence-electron chi connectivity index (χ1n) is 9.29. The molecular formula is C20H21N5OS. The van der Waals surface area contributed by atoms with Crippen LogP contribution >= 0.6 is 11.3 Å². The molecule has 0 aliphatic carbocycles. The summed E-state index contributed by atoms with van der Waals surface area (Å²) in [6, 6.07) is 6.48. The maximum Gasteiger partial charge on any atom is 0.268 e. The standard InChI is InChI=1S/C20H21N5OS/c1-12-9-16(23-25-11-13(2)22-19(12)25)17-10-14-5-8-24(20(26)18(14)27-17)15-3-6-21-7-4-15/h5,8-11,15,21H,3-4,6-7H2,1-2H3. The Kier molecular flexibility index (Phi) is 3.87. The van der Waals surface area contributed by atoms with E-state index in [1.54, 1.807) is 0 Å². The summed E-state index contributed by atoms with van der Waals surface area (Å²) >= 11 is 1.53. The van der Waals surface area contributed by atoms with Crippen LogP contribution in [0, 0.1) is 13.8 Å². The van der Waals surface area contributed by atoms with Crippen molar-refractivity contribution >= 4 is 27.1 Å². The van der Waals surface area contributed by atoms with Crippen LogP contribution in [-0.2, 0) is 0 Å². The first-order valence-corrected chi connectivity index (χ1v) is 10.1. The fourth-order valence-electron chi connectivity index (χ4n) is 3.91. The first kappa shape index (κ1) is 16.6. The molecule has 138 valence electrons. The Labute approximate surface area is 160 Å². The van der Waals surface area contributed by atoms with Gasteiger partial charge < -0.3 is 9.88 Å². The number of rotatable bonds is 2. The number of aryl methyl sites for hydroxylation is 2. The van der Waals surface area contributed by atoms with Gasteiger partial charge >= 0.3 is 0 Å². The van der Waals surface area contributed by atoms with Crippen molar-refractivity contribution in [3.05, 3.63) is 52.2 Å². The molecule has 27 heavy (non-hydrogen) atoms. The number of fused-ring (bicyclic) bond motifs is 2. The average molecular weight is 379 g/mol. The lowest BCUT2D eigenvalue weighted by Crippen LogP contribution is -2.33. The van der Waals surface area contributed by atoms with Gasteiger partial charge in [0.2, 0.25) is 0 Å². The van der Waals surface area contributed by atoms with Crippen LogP contribution in [0.4, 0.5) is 0 Å². The molecule has 0 atom stereocenters. The Balaban J connectivity index is 1.62. The highest BCUT2D eigenvalue weighted by Gasteiger charge is 2.18. The minimum Gasteiger partial charge on any atom is -0.317 e. The van der Waals surface area contributed by atoms with E-state index < -0.39 is 0 Å². The number of aromatic nitrogens is 4. The van der Waals surface area contributed by atoms with Gasteiger partial charge in [-0.1, -0.05) is 0 Å². The van der Waals surface area contributed by atoms with Crippen molar-refractivity contribution in [1.82, 2.24) is 24.5 Å². The van der Waals surface area contributed by atoms with E-state index in [4.69, 9.17) is 5.10 Å². The third-order valence-corrected chi connectivity index (χ3v) is 6.45. The van der Waals surface area contributed by atoms with Crippen LogP contribution in [0.3, 0.4) is 0 Å². The molecule has 4 aromatic heterocycles. The SMILES string of the molecule is Cc1cn2nc(-c3cc4ccn(C5CCNCC5)c(=O)c4s3)cc(C)c2n1. The second-order valence-corrected chi connectivity index (χ2v) is 8.32. The third-order valence-electron chi connectivity index (χ3n) is 5.29. The minimum atomic E-state index is 0.118. The quantitative estimate of drug-likeness (QED) is 0.580. The second kappa shape index (κ2) is 6.28. The largest absolute Gasteiger partial charge is 0.317 e. The van der Waals surface area contributed by atoms with Gasteiger partial charge in [0.05, 0.1) is 16.8 Å². The number of thiophene rings is 1. The Morgan fingerprint density at radius 2 is 2.04 bits per heavy atom. The highest BCUT2D eigenvalue weighted by Crippen LogP contribution is 2.32. The van der Waals surface area contributed by atoms with Crippen LogP contribution in [0.25, 0.3) is 26.3 Å². The smallest absolute Gasteiger partial charge is 0.268 e. The van der Waals surface area contributed by atoms with E-state index in [0.29, 0.717) is 6.04 Å². The lowest BCUT2D eigenvalue weighted by molar-refractivity contribution is 0.362. The van der Waals surface area contributed by atoms with Gasteiger partial charge in [-0.15, -0.1) is 11.3 Å². The van der Waals surface area contributed by atoms with Gasteiger partial charge in [0.25, 0.3) is 5.56 Å². The Morgan fingerprint density at radius 1 is 1.22 bits per heavy atom. The fraction of sp³-hybridized carbons (Fsp3) is 0.350. The zero-order chi connectivity index (χ0) is 18.5. The van der Waals surface area contributed by atoms with Crippen LogP contribution in [-0.4, -0.2) is 32.3 Å². The molecule has 0 spiro atoms. The molecule has 0 radical (unpaired) electrons. The monoisotopic (exact) mass is 379 g/mol. The maximum absolute atomic E-state index is 13.1. The van der Waals surface area contributed by atoms with E-state index >= 15 is 0 Å². The molecule has 0 amide bonds. The van der Waals surface area contributed by atoms with E-state index in [2.05, 4.69) is 28.5 Å². The first-order chi connectivity index (χ1) is 13.1. The van der Waals surface area contributed by atoms with Gasteiger partial charge in [-0.25, -0.2) is 9.50 Å². The predicted octanol–water partition coefficient (Wildman–Crippen LogP) is 3.31. The Bertz CT molecular complexity index is 1210. The molecule has 0 saturated carbocycles. The Hall–Kier alpha value is -2.51. The van der Waals surface area contributed by atoms with Crippen LogP contribution in [0.5, 0.6) is 0 Å². The van der Waals surface area contributed by atoms with Crippen molar-refractivity contribution in [3.8, 4) is 10.6 Å². The number of nitrogens with zero attached hydrogens (tertiary/aromatic N) is 4. The topological polar surface area (TPSA) is 64.2 Å².